The average Bonchev–Trinajstić information content (AvgIpc) is 2.29. The van der Waals surface area contributed by atoms with Crippen molar-refractivity contribution in [1.82, 2.24) is 9.88 Å². The molecule has 0 bridgehead atoms. The number of aromatic nitrogens is 1. The Hall–Kier alpha value is -1.09. The lowest BCUT2D eigenvalue weighted by Crippen LogP contribution is -2.33. The summed E-state index contributed by atoms with van der Waals surface area (Å²) in [7, 11) is 0. The van der Waals surface area contributed by atoms with Crippen LogP contribution >= 0.6 is 11.6 Å². The molecule has 0 unspecified atom stereocenters. The van der Waals surface area contributed by atoms with E-state index >= 15 is 0 Å². The molecule has 0 fully saturated rings. The van der Waals surface area contributed by atoms with Crippen LogP contribution in [0.5, 0.6) is 0 Å². The summed E-state index contributed by atoms with van der Waals surface area (Å²) in [6.45, 7) is 3.38. The van der Waals surface area contributed by atoms with Gasteiger partial charge in [0.25, 0.3) is 5.91 Å². The normalized spacial score (nSPS) is 10.0. The zero-order valence-corrected chi connectivity index (χ0v) is 9.57. The predicted octanol–water partition coefficient (Wildman–Crippen LogP) is 2.17. The molecule has 15 heavy (non-hydrogen) atoms. The number of carbonyl (C=O) groups excluding carboxylic acids is 1. The number of amides is 1. The molecular formula is C11H15ClN2O. The van der Waals surface area contributed by atoms with Gasteiger partial charge >= 0.3 is 0 Å². The summed E-state index contributed by atoms with van der Waals surface area (Å²) in [5.74, 6) is 0.497. The van der Waals surface area contributed by atoms with Gasteiger partial charge in [0.2, 0.25) is 0 Å². The molecule has 1 rings (SSSR count). The Morgan fingerprint density at radius 2 is 2.07 bits per heavy atom. The third-order valence-electron chi connectivity index (χ3n) is 2.06. The molecule has 0 spiro atoms. The summed E-state index contributed by atoms with van der Waals surface area (Å²) >= 11 is 5.66. The van der Waals surface area contributed by atoms with Crippen LogP contribution in [-0.4, -0.2) is 34.8 Å². The Bertz CT molecular complexity index is 297. The molecule has 82 valence electrons. The molecule has 0 saturated carbocycles. The highest BCUT2D eigenvalue weighted by atomic mass is 35.5. The maximum absolute atomic E-state index is 12.0. The second kappa shape index (κ2) is 6.40. The summed E-state index contributed by atoms with van der Waals surface area (Å²) in [6, 6.07) is 3.44. The number of rotatable bonds is 5. The van der Waals surface area contributed by atoms with Crippen molar-refractivity contribution in [3.8, 4) is 0 Å². The van der Waals surface area contributed by atoms with Gasteiger partial charge in [0, 0.05) is 36.9 Å². The van der Waals surface area contributed by atoms with Crippen LogP contribution in [0, 0.1) is 0 Å². The van der Waals surface area contributed by atoms with Crippen LogP contribution in [0.15, 0.2) is 24.5 Å². The molecule has 0 saturated heterocycles. The summed E-state index contributed by atoms with van der Waals surface area (Å²) in [6.07, 6.45) is 4.18. The topological polar surface area (TPSA) is 33.2 Å². The minimum absolute atomic E-state index is 0.0277. The number of pyridine rings is 1. The first kappa shape index (κ1) is 12.0. The van der Waals surface area contributed by atoms with Gasteiger partial charge in [0.1, 0.15) is 0 Å². The van der Waals surface area contributed by atoms with Gasteiger partial charge in [-0.3, -0.25) is 9.78 Å². The Balaban J connectivity index is 2.71. The smallest absolute Gasteiger partial charge is 0.254 e. The van der Waals surface area contributed by atoms with Crippen LogP contribution in [-0.2, 0) is 0 Å². The SMILES string of the molecule is CCCN(CCCl)C(=O)c1ccncc1. The first-order valence-corrected chi connectivity index (χ1v) is 5.58. The fourth-order valence-corrected chi connectivity index (χ4v) is 1.57. The average molecular weight is 227 g/mol. The highest BCUT2D eigenvalue weighted by Gasteiger charge is 2.13. The van der Waals surface area contributed by atoms with E-state index in [1.807, 2.05) is 6.92 Å². The van der Waals surface area contributed by atoms with Gasteiger partial charge < -0.3 is 4.90 Å². The third kappa shape index (κ3) is 3.51. The summed E-state index contributed by atoms with van der Waals surface area (Å²) in [5.41, 5.74) is 0.670. The van der Waals surface area contributed by atoms with Gasteiger partial charge in [-0.05, 0) is 18.6 Å². The van der Waals surface area contributed by atoms with Crippen molar-refractivity contribution in [1.29, 1.82) is 0 Å². The van der Waals surface area contributed by atoms with E-state index in [0.29, 0.717) is 18.0 Å². The number of hydrogen-bond acceptors (Lipinski definition) is 2. The van der Waals surface area contributed by atoms with Gasteiger partial charge in [-0.15, -0.1) is 11.6 Å². The van der Waals surface area contributed by atoms with Crippen LogP contribution in [0.1, 0.15) is 23.7 Å². The standard InChI is InChI=1S/C11H15ClN2O/c1-2-8-14(9-5-12)11(15)10-3-6-13-7-4-10/h3-4,6-7H,2,5,8-9H2,1H3. The number of hydrogen-bond donors (Lipinski definition) is 0. The first-order valence-electron chi connectivity index (χ1n) is 5.04. The van der Waals surface area contributed by atoms with Crippen molar-refractivity contribution in [3.05, 3.63) is 30.1 Å². The molecule has 3 nitrogen and oxygen atoms in total. The van der Waals surface area contributed by atoms with Crippen molar-refractivity contribution in [2.75, 3.05) is 19.0 Å². The fourth-order valence-electron chi connectivity index (χ4n) is 1.36. The molecule has 0 aliphatic rings. The van der Waals surface area contributed by atoms with Gasteiger partial charge in [-0.1, -0.05) is 6.92 Å². The van der Waals surface area contributed by atoms with E-state index in [4.69, 9.17) is 11.6 Å². The molecule has 0 N–H and O–H groups in total. The monoisotopic (exact) mass is 226 g/mol. The van der Waals surface area contributed by atoms with E-state index in [9.17, 15) is 4.79 Å². The Labute approximate surface area is 95.1 Å². The quantitative estimate of drug-likeness (QED) is 0.721. The van der Waals surface area contributed by atoms with Crippen LogP contribution in [0.2, 0.25) is 0 Å². The van der Waals surface area contributed by atoms with E-state index in [0.717, 1.165) is 13.0 Å². The maximum atomic E-state index is 12.0. The van der Waals surface area contributed by atoms with Gasteiger partial charge in [-0.2, -0.15) is 0 Å². The fraction of sp³-hybridized carbons (Fsp3) is 0.455. The van der Waals surface area contributed by atoms with Gasteiger partial charge in [0.05, 0.1) is 0 Å². The zero-order chi connectivity index (χ0) is 11.1. The summed E-state index contributed by atoms with van der Waals surface area (Å²) in [5, 5.41) is 0. The zero-order valence-electron chi connectivity index (χ0n) is 8.82. The van der Waals surface area contributed by atoms with Crippen LogP contribution in [0.3, 0.4) is 0 Å². The second-order valence-electron chi connectivity index (χ2n) is 3.22. The van der Waals surface area contributed by atoms with Crippen molar-refractivity contribution in [3.63, 3.8) is 0 Å². The lowest BCUT2D eigenvalue weighted by atomic mass is 10.2. The van der Waals surface area contributed by atoms with Crippen LogP contribution in [0.4, 0.5) is 0 Å². The van der Waals surface area contributed by atoms with Crippen molar-refractivity contribution >= 4 is 17.5 Å². The van der Waals surface area contributed by atoms with Gasteiger partial charge in [0.15, 0.2) is 0 Å². The van der Waals surface area contributed by atoms with Crippen LogP contribution in [0.25, 0.3) is 0 Å². The molecule has 1 heterocycles. The Morgan fingerprint density at radius 3 is 2.60 bits per heavy atom. The molecule has 0 atom stereocenters. The van der Waals surface area contributed by atoms with E-state index in [1.54, 1.807) is 29.4 Å². The Morgan fingerprint density at radius 1 is 1.40 bits per heavy atom. The lowest BCUT2D eigenvalue weighted by Gasteiger charge is -2.20. The number of nitrogens with zero attached hydrogens (tertiary/aromatic N) is 2. The highest BCUT2D eigenvalue weighted by Crippen LogP contribution is 2.04. The Kier molecular flexibility index (Phi) is 5.12. The molecular weight excluding hydrogens is 212 g/mol. The minimum atomic E-state index is 0.0277. The molecule has 0 aliphatic heterocycles. The molecule has 0 aromatic carbocycles. The summed E-state index contributed by atoms with van der Waals surface area (Å²) < 4.78 is 0. The number of carbonyl (C=O) groups is 1. The molecule has 4 heteroatoms. The van der Waals surface area contributed by atoms with Crippen molar-refractivity contribution < 1.29 is 4.79 Å². The lowest BCUT2D eigenvalue weighted by molar-refractivity contribution is 0.0765. The molecule has 0 radical (unpaired) electrons. The first-order chi connectivity index (χ1) is 7.29. The molecule has 1 amide bonds. The molecule has 0 aliphatic carbocycles. The predicted molar refractivity (Wildman–Crippen MR) is 61.2 cm³/mol. The third-order valence-corrected chi connectivity index (χ3v) is 2.23. The van der Waals surface area contributed by atoms with Crippen molar-refractivity contribution in [2.24, 2.45) is 0 Å². The van der Waals surface area contributed by atoms with E-state index in [-0.39, 0.29) is 5.91 Å². The van der Waals surface area contributed by atoms with E-state index < -0.39 is 0 Å². The van der Waals surface area contributed by atoms with Crippen LogP contribution < -0.4 is 0 Å². The highest BCUT2D eigenvalue weighted by molar-refractivity contribution is 6.18. The maximum Gasteiger partial charge on any atom is 0.254 e. The molecule has 1 aromatic rings. The van der Waals surface area contributed by atoms with Crippen molar-refractivity contribution in [2.45, 2.75) is 13.3 Å². The van der Waals surface area contributed by atoms with E-state index in [1.165, 1.54) is 0 Å². The summed E-state index contributed by atoms with van der Waals surface area (Å²) in [4.78, 5) is 17.6. The molecule has 1 aromatic heterocycles. The second-order valence-corrected chi connectivity index (χ2v) is 3.60. The minimum Gasteiger partial charge on any atom is -0.337 e. The van der Waals surface area contributed by atoms with Gasteiger partial charge in [-0.25, -0.2) is 0 Å². The van der Waals surface area contributed by atoms with E-state index in [2.05, 4.69) is 4.98 Å². The number of halogens is 1. The number of alkyl halides is 1. The largest absolute Gasteiger partial charge is 0.337 e.